The third kappa shape index (κ3) is 2.64. The van der Waals surface area contributed by atoms with Gasteiger partial charge < -0.3 is 9.64 Å². The molecule has 1 fully saturated rings. The molecule has 0 N–H and O–H groups in total. The van der Waals surface area contributed by atoms with E-state index < -0.39 is 10.0 Å². The Labute approximate surface area is 171 Å². The van der Waals surface area contributed by atoms with E-state index in [4.69, 9.17) is 4.74 Å². The van der Waals surface area contributed by atoms with Crippen LogP contribution in [0.15, 0.2) is 47.4 Å². The molecule has 0 saturated carbocycles. The highest BCUT2D eigenvalue weighted by Gasteiger charge is 2.39. The molecule has 2 aromatic carbocycles. The summed E-state index contributed by atoms with van der Waals surface area (Å²) in [5.74, 6) is 0.735. The van der Waals surface area contributed by atoms with Gasteiger partial charge in [-0.2, -0.15) is 0 Å². The van der Waals surface area contributed by atoms with E-state index in [1.54, 1.807) is 19.2 Å². The standard InChI is InChI=1S/C22H25N3O3S/c1-15(24-12-10-23(2)11-13-24)21-18-14-16(28-3)8-9-19(18)25-22(21)17-6-4-5-7-20(17)29(25,26)27/h4-9,14-15H,10-13H2,1-3H3/t15-/m1/s1. The largest absolute Gasteiger partial charge is 0.497 e. The number of benzene rings is 2. The smallest absolute Gasteiger partial charge is 0.269 e. The van der Waals surface area contributed by atoms with Crippen molar-refractivity contribution in [1.82, 2.24) is 13.8 Å². The van der Waals surface area contributed by atoms with Gasteiger partial charge in [-0.05, 0) is 38.2 Å². The van der Waals surface area contributed by atoms with Crippen molar-refractivity contribution in [2.45, 2.75) is 17.9 Å². The van der Waals surface area contributed by atoms with Crippen LogP contribution in [0.2, 0.25) is 0 Å². The van der Waals surface area contributed by atoms with Crippen molar-refractivity contribution in [3.8, 4) is 17.0 Å². The van der Waals surface area contributed by atoms with Crippen LogP contribution in [0.25, 0.3) is 22.2 Å². The minimum atomic E-state index is -3.61. The molecule has 3 heterocycles. The molecule has 2 aliphatic heterocycles. The summed E-state index contributed by atoms with van der Waals surface area (Å²) in [6.07, 6.45) is 0. The van der Waals surface area contributed by atoms with E-state index in [0.717, 1.165) is 54.1 Å². The second-order valence-electron chi connectivity index (χ2n) is 7.93. The third-order valence-electron chi connectivity index (χ3n) is 6.33. The molecule has 0 spiro atoms. The molecular formula is C22H25N3O3S. The Balaban J connectivity index is 1.80. The Morgan fingerprint density at radius 3 is 2.48 bits per heavy atom. The van der Waals surface area contributed by atoms with Crippen LogP contribution in [0.4, 0.5) is 0 Å². The van der Waals surface area contributed by atoms with E-state index in [0.29, 0.717) is 10.4 Å². The van der Waals surface area contributed by atoms with Crippen LogP contribution >= 0.6 is 0 Å². The van der Waals surface area contributed by atoms with Gasteiger partial charge in [-0.15, -0.1) is 0 Å². The van der Waals surface area contributed by atoms with Crippen molar-refractivity contribution in [2.75, 3.05) is 40.3 Å². The third-order valence-corrected chi connectivity index (χ3v) is 8.11. The lowest BCUT2D eigenvalue weighted by atomic mass is 9.98. The summed E-state index contributed by atoms with van der Waals surface area (Å²) in [6, 6.07) is 13.1. The highest BCUT2D eigenvalue weighted by atomic mass is 32.2. The fourth-order valence-corrected chi connectivity index (χ4v) is 6.44. The lowest BCUT2D eigenvalue weighted by molar-refractivity contribution is 0.120. The van der Waals surface area contributed by atoms with Crippen LogP contribution in [0.3, 0.4) is 0 Å². The Bertz CT molecular complexity index is 1210. The zero-order valence-corrected chi connectivity index (χ0v) is 17.7. The monoisotopic (exact) mass is 411 g/mol. The van der Waals surface area contributed by atoms with Gasteiger partial charge >= 0.3 is 0 Å². The number of rotatable bonds is 3. The molecule has 0 bridgehead atoms. The number of piperazine rings is 1. The van der Waals surface area contributed by atoms with E-state index in [9.17, 15) is 8.42 Å². The number of likely N-dealkylation sites (N-methyl/N-ethyl adjacent to an activating group) is 1. The summed E-state index contributed by atoms with van der Waals surface area (Å²) >= 11 is 0. The van der Waals surface area contributed by atoms with Crippen LogP contribution in [-0.2, 0) is 10.0 Å². The van der Waals surface area contributed by atoms with Crippen molar-refractivity contribution in [3.05, 3.63) is 48.0 Å². The van der Waals surface area contributed by atoms with Crippen LogP contribution < -0.4 is 4.74 Å². The SMILES string of the molecule is COc1ccc2c(c1)c([C@@H](C)N1CCN(C)CC1)c1n2S(=O)(=O)c2ccccc2-1. The lowest BCUT2D eigenvalue weighted by Gasteiger charge is -2.36. The summed E-state index contributed by atoms with van der Waals surface area (Å²) < 4.78 is 33.8. The predicted molar refractivity (Wildman–Crippen MR) is 114 cm³/mol. The molecule has 5 rings (SSSR count). The van der Waals surface area contributed by atoms with Gasteiger partial charge in [0.2, 0.25) is 0 Å². The van der Waals surface area contributed by atoms with Crippen molar-refractivity contribution in [2.24, 2.45) is 0 Å². The topological polar surface area (TPSA) is 54.8 Å². The molecule has 0 aliphatic carbocycles. The predicted octanol–water partition coefficient (Wildman–Crippen LogP) is 3.18. The number of hydrogen-bond donors (Lipinski definition) is 0. The van der Waals surface area contributed by atoms with E-state index in [1.165, 1.54) is 3.97 Å². The molecule has 1 atom stereocenters. The summed E-state index contributed by atoms with van der Waals surface area (Å²) in [7, 11) is 0.165. The maximum atomic E-state index is 13.4. The van der Waals surface area contributed by atoms with E-state index in [-0.39, 0.29) is 6.04 Å². The molecule has 3 aromatic rings. The maximum absolute atomic E-state index is 13.4. The molecule has 6 nitrogen and oxygen atoms in total. The summed E-state index contributed by atoms with van der Waals surface area (Å²) in [6.45, 7) is 6.13. The molecule has 0 unspecified atom stereocenters. The van der Waals surface area contributed by atoms with Gasteiger partial charge in [-0.3, -0.25) is 4.90 Å². The molecule has 0 amide bonds. The Morgan fingerprint density at radius 1 is 1.03 bits per heavy atom. The second-order valence-corrected chi connectivity index (χ2v) is 9.68. The fourth-order valence-electron chi connectivity index (χ4n) is 4.70. The average Bonchev–Trinajstić information content (AvgIpc) is 3.19. The van der Waals surface area contributed by atoms with Gasteiger partial charge in [0.25, 0.3) is 10.0 Å². The minimum Gasteiger partial charge on any atom is -0.497 e. The van der Waals surface area contributed by atoms with Crippen molar-refractivity contribution < 1.29 is 13.2 Å². The van der Waals surface area contributed by atoms with Crippen LogP contribution in [-0.4, -0.2) is 62.5 Å². The van der Waals surface area contributed by atoms with Crippen LogP contribution in [0.1, 0.15) is 18.5 Å². The van der Waals surface area contributed by atoms with Crippen molar-refractivity contribution in [3.63, 3.8) is 0 Å². The molecule has 2 aliphatic rings. The molecule has 1 saturated heterocycles. The van der Waals surface area contributed by atoms with E-state index in [1.807, 2.05) is 30.3 Å². The molecule has 1 aromatic heterocycles. The zero-order chi connectivity index (χ0) is 20.3. The fraction of sp³-hybridized carbons (Fsp3) is 0.364. The zero-order valence-electron chi connectivity index (χ0n) is 16.9. The summed E-state index contributed by atoms with van der Waals surface area (Å²) in [5.41, 5.74) is 3.37. The van der Waals surface area contributed by atoms with E-state index in [2.05, 4.69) is 23.8 Å². The van der Waals surface area contributed by atoms with Gasteiger partial charge in [0.05, 0.1) is 23.2 Å². The quantitative estimate of drug-likeness (QED) is 0.518. The Kier molecular flexibility index (Phi) is 4.24. The molecule has 7 heteroatoms. The molecule has 152 valence electrons. The highest BCUT2D eigenvalue weighted by molar-refractivity contribution is 7.90. The average molecular weight is 412 g/mol. The summed E-state index contributed by atoms with van der Waals surface area (Å²) in [4.78, 5) is 5.16. The number of methoxy groups -OCH3 is 1. The van der Waals surface area contributed by atoms with Gasteiger partial charge in [0.15, 0.2) is 0 Å². The first kappa shape index (κ1) is 18.7. The second kappa shape index (κ2) is 6.58. The first-order valence-electron chi connectivity index (χ1n) is 9.93. The molecule has 29 heavy (non-hydrogen) atoms. The first-order chi connectivity index (χ1) is 13.9. The lowest BCUT2D eigenvalue weighted by Crippen LogP contribution is -2.45. The van der Waals surface area contributed by atoms with Gasteiger partial charge in [0, 0.05) is 48.7 Å². The number of nitrogens with zero attached hydrogens (tertiary/aromatic N) is 3. The Morgan fingerprint density at radius 2 is 1.76 bits per heavy atom. The number of fused-ring (bicyclic) bond motifs is 5. The van der Waals surface area contributed by atoms with Crippen molar-refractivity contribution in [1.29, 1.82) is 0 Å². The van der Waals surface area contributed by atoms with Crippen LogP contribution in [0, 0.1) is 0 Å². The number of ether oxygens (including phenoxy) is 1. The first-order valence-corrected chi connectivity index (χ1v) is 11.4. The van der Waals surface area contributed by atoms with Crippen molar-refractivity contribution >= 4 is 20.9 Å². The van der Waals surface area contributed by atoms with Crippen LogP contribution in [0.5, 0.6) is 5.75 Å². The number of aromatic nitrogens is 1. The molecular weight excluding hydrogens is 386 g/mol. The van der Waals surface area contributed by atoms with Gasteiger partial charge in [-0.25, -0.2) is 12.4 Å². The number of hydrogen-bond acceptors (Lipinski definition) is 5. The maximum Gasteiger partial charge on any atom is 0.269 e. The normalized spacial score (nSPS) is 19.8. The van der Waals surface area contributed by atoms with Gasteiger partial charge in [0.1, 0.15) is 5.75 Å². The molecule has 0 radical (unpaired) electrons. The van der Waals surface area contributed by atoms with Gasteiger partial charge in [-0.1, -0.05) is 18.2 Å². The van der Waals surface area contributed by atoms with E-state index >= 15 is 0 Å². The highest BCUT2D eigenvalue weighted by Crippen LogP contribution is 2.48. The summed E-state index contributed by atoms with van der Waals surface area (Å²) in [5, 5.41) is 0.948. The minimum absolute atomic E-state index is 0.0934. The Hall–Kier alpha value is -2.35.